The van der Waals surface area contributed by atoms with Crippen LogP contribution in [0.2, 0.25) is 0 Å². The highest BCUT2D eigenvalue weighted by atomic mass is 19.1. The Morgan fingerprint density at radius 2 is 1.93 bits per heavy atom. The molecule has 1 aliphatic heterocycles. The molecule has 1 fully saturated rings. The molecule has 0 unspecified atom stereocenters. The van der Waals surface area contributed by atoms with Crippen molar-refractivity contribution in [3.8, 4) is 0 Å². The standard InChI is InChI=1S/C22H25FN2O4/c1-3-29-21(28)22(13-16-6-8-17(23)9-7-16)11-4-12-25(14-22)20(27)18-10-5-15(2)24-19(18)26/h5-10H,3-4,11-14H2,1-2H3,(H,24,26)/t22-/m0/s1. The zero-order chi connectivity index (χ0) is 21.0. The zero-order valence-corrected chi connectivity index (χ0v) is 16.7. The number of aryl methyl sites for hydroxylation is 1. The predicted octanol–water partition coefficient (Wildman–Crippen LogP) is 2.85. The van der Waals surface area contributed by atoms with Crippen molar-refractivity contribution in [3.05, 3.63) is 69.4 Å². The van der Waals surface area contributed by atoms with Gasteiger partial charge in [0.25, 0.3) is 11.5 Å². The van der Waals surface area contributed by atoms with Crippen LogP contribution in [0.4, 0.5) is 4.39 Å². The van der Waals surface area contributed by atoms with E-state index in [4.69, 9.17) is 4.74 Å². The minimum absolute atomic E-state index is 0.0528. The molecule has 6 nitrogen and oxygen atoms in total. The number of carbonyl (C=O) groups excluding carboxylic acids is 2. The molecule has 0 saturated carbocycles. The van der Waals surface area contributed by atoms with Gasteiger partial charge in [-0.3, -0.25) is 14.4 Å². The molecule has 2 aromatic rings. The number of benzene rings is 1. The number of nitrogens with zero attached hydrogens (tertiary/aromatic N) is 1. The Morgan fingerprint density at radius 1 is 1.21 bits per heavy atom. The van der Waals surface area contributed by atoms with Crippen LogP contribution in [0.1, 0.15) is 41.4 Å². The summed E-state index contributed by atoms with van der Waals surface area (Å²) in [6.45, 7) is 4.31. The van der Waals surface area contributed by atoms with E-state index in [1.54, 1.807) is 36.9 Å². The van der Waals surface area contributed by atoms with Crippen LogP contribution in [0.3, 0.4) is 0 Å². The van der Waals surface area contributed by atoms with Gasteiger partial charge in [-0.1, -0.05) is 12.1 Å². The fourth-order valence-electron chi connectivity index (χ4n) is 3.88. The largest absolute Gasteiger partial charge is 0.466 e. The number of H-pyrrole nitrogens is 1. The van der Waals surface area contributed by atoms with Gasteiger partial charge in [0, 0.05) is 18.8 Å². The van der Waals surface area contributed by atoms with Gasteiger partial charge in [-0.05, 0) is 62.9 Å². The lowest BCUT2D eigenvalue weighted by Gasteiger charge is -2.41. The van der Waals surface area contributed by atoms with E-state index in [1.165, 1.54) is 18.2 Å². The molecule has 1 saturated heterocycles. The third-order valence-corrected chi connectivity index (χ3v) is 5.31. The quantitative estimate of drug-likeness (QED) is 0.783. The molecule has 3 rings (SSSR count). The SMILES string of the molecule is CCOC(=O)[C@]1(Cc2ccc(F)cc2)CCCN(C(=O)c2ccc(C)[nH]c2=O)C1. The summed E-state index contributed by atoms with van der Waals surface area (Å²) in [7, 11) is 0. The van der Waals surface area contributed by atoms with Crippen molar-refractivity contribution < 1.29 is 18.7 Å². The fourth-order valence-corrected chi connectivity index (χ4v) is 3.88. The lowest BCUT2D eigenvalue weighted by molar-refractivity contribution is -0.158. The number of aromatic nitrogens is 1. The Balaban J connectivity index is 1.90. The van der Waals surface area contributed by atoms with Gasteiger partial charge in [0.05, 0.1) is 12.0 Å². The van der Waals surface area contributed by atoms with Crippen LogP contribution >= 0.6 is 0 Å². The first-order chi connectivity index (χ1) is 13.8. The smallest absolute Gasteiger partial charge is 0.314 e. The minimum atomic E-state index is -0.931. The molecule has 154 valence electrons. The molecule has 0 bridgehead atoms. The average Bonchev–Trinajstić information content (AvgIpc) is 2.70. The summed E-state index contributed by atoms with van der Waals surface area (Å²) in [4.78, 5) is 42.3. The van der Waals surface area contributed by atoms with Crippen molar-refractivity contribution in [1.82, 2.24) is 9.88 Å². The van der Waals surface area contributed by atoms with Gasteiger partial charge in [-0.25, -0.2) is 4.39 Å². The molecule has 1 atom stereocenters. The van der Waals surface area contributed by atoms with Crippen molar-refractivity contribution in [2.75, 3.05) is 19.7 Å². The number of carbonyl (C=O) groups is 2. The van der Waals surface area contributed by atoms with Gasteiger partial charge in [-0.15, -0.1) is 0 Å². The molecule has 1 aromatic heterocycles. The van der Waals surface area contributed by atoms with Gasteiger partial charge in [-0.2, -0.15) is 0 Å². The van der Waals surface area contributed by atoms with Crippen LogP contribution in [-0.4, -0.2) is 41.5 Å². The van der Waals surface area contributed by atoms with Gasteiger partial charge < -0.3 is 14.6 Å². The maximum Gasteiger partial charge on any atom is 0.314 e. The second kappa shape index (κ2) is 8.59. The molecule has 1 N–H and O–H groups in total. The normalized spacial score (nSPS) is 19.1. The van der Waals surface area contributed by atoms with E-state index in [0.717, 1.165) is 5.56 Å². The highest BCUT2D eigenvalue weighted by Gasteiger charge is 2.45. The number of rotatable bonds is 5. The molecule has 2 heterocycles. The third-order valence-electron chi connectivity index (χ3n) is 5.31. The Bertz CT molecular complexity index is 954. The first kappa shape index (κ1) is 20.8. The molecule has 0 spiro atoms. The fraction of sp³-hybridized carbons (Fsp3) is 0.409. The molecular formula is C22H25FN2O4. The van der Waals surface area contributed by atoms with Crippen molar-refractivity contribution in [1.29, 1.82) is 0 Å². The van der Waals surface area contributed by atoms with Crippen LogP contribution in [-0.2, 0) is 16.0 Å². The van der Waals surface area contributed by atoms with E-state index in [2.05, 4.69) is 4.98 Å². The number of nitrogens with one attached hydrogen (secondary N) is 1. The first-order valence-corrected chi connectivity index (χ1v) is 9.75. The maximum atomic E-state index is 13.3. The van der Waals surface area contributed by atoms with E-state index in [-0.39, 0.29) is 30.5 Å². The van der Waals surface area contributed by atoms with E-state index < -0.39 is 16.9 Å². The zero-order valence-electron chi connectivity index (χ0n) is 16.7. The molecule has 29 heavy (non-hydrogen) atoms. The lowest BCUT2D eigenvalue weighted by Crippen LogP contribution is -2.52. The summed E-state index contributed by atoms with van der Waals surface area (Å²) in [5.74, 6) is -1.13. The topological polar surface area (TPSA) is 79.5 Å². The molecule has 1 aliphatic rings. The Hall–Kier alpha value is -2.96. The van der Waals surface area contributed by atoms with E-state index in [9.17, 15) is 18.8 Å². The molecule has 0 radical (unpaired) electrons. The summed E-state index contributed by atoms with van der Waals surface area (Å²) in [6, 6.07) is 9.17. The van der Waals surface area contributed by atoms with E-state index >= 15 is 0 Å². The Kier molecular flexibility index (Phi) is 6.15. The van der Waals surface area contributed by atoms with E-state index in [1.807, 2.05) is 0 Å². The van der Waals surface area contributed by atoms with Crippen LogP contribution in [0.5, 0.6) is 0 Å². The Morgan fingerprint density at radius 3 is 2.59 bits per heavy atom. The second-order valence-corrected chi connectivity index (χ2v) is 7.52. The van der Waals surface area contributed by atoms with Crippen LogP contribution in [0, 0.1) is 18.2 Å². The van der Waals surface area contributed by atoms with Crippen LogP contribution < -0.4 is 5.56 Å². The van der Waals surface area contributed by atoms with Crippen molar-refractivity contribution in [2.45, 2.75) is 33.1 Å². The molecule has 1 amide bonds. The third kappa shape index (κ3) is 4.55. The van der Waals surface area contributed by atoms with Crippen LogP contribution in [0.15, 0.2) is 41.2 Å². The average molecular weight is 400 g/mol. The first-order valence-electron chi connectivity index (χ1n) is 9.75. The van der Waals surface area contributed by atoms with Crippen molar-refractivity contribution >= 4 is 11.9 Å². The van der Waals surface area contributed by atoms with Gasteiger partial charge >= 0.3 is 5.97 Å². The number of hydrogen-bond acceptors (Lipinski definition) is 4. The summed E-state index contributed by atoms with van der Waals surface area (Å²) in [6.07, 6.45) is 1.49. The molecular weight excluding hydrogens is 375 g/mol. The second-order valence-electron chi connectivity index (χ2n) is 7.52. The van der Waals surface area contributed by atoms with Gasteiger partial charge in [0.15, 0.2) is 0 Å². The minimum Gasteiger partial charge on any atom is -0.466 e. The number of ether oxygens (including phenoxy) is 1. The monoisotopic (exact) mass is 400 g/mol. The number of hydrogen-bond donors (Lipinski definition) is 1. The molecule has 0 aliphatic carbocycles. The number of pyridine rings is 1. The number of aromatic amines is 1. The molecule has 7 heteroatoms. The maximum absolute atomic E-state index is 13.3. The predicted molar refractivity (Wildman–Crippen MR) is 106 cm³/mol. The summed E-state index contributed by atoms with van der Waals surface area (Å²) >= 11 is 0. The number of likely N-dealkylation sites (tertiary alicyclic amines) is 1. The lowest BCUT2D eigenvalue weighted by atomic mass is 9.75. The van der Waals surface area contributed by atoms with Crippen molar-refractivity contribution in [3.63, 3.8) is 0 Å². The highest BCUT2D eigenvalue weighted by Crippen LogP contribution is 2.36. The summed E-state index contributed by atoms with van der Waals surface area (Å²) in [5.41, 5.74) is 0.140. The highest BCUT2D eigenvalue weighted by molar-refractivity contribution is 5.94. The number of halogens is 1. The van der Waals surface area contributed by atoms with E-state index in [0.29, 0.717) is 31.5 Å². The Labute approximate surface area is 168 Å². The van der Waals surface area contributed by atoms with Gasteiger partial charge in [0.1, 0.15) is 11.4 Å². The molecule has 1 aromatic carbocycles. The number of piperidine rings is 1. The number of amides is 1. The van der Waals surface area contributed by atoms with Crippen molar-refractivity contribution in [2.24, 2.45) is 5.41 Å². The van der Waals surface area contributed by atoms with Gasteiger partial charge in [0.2, 0.25) is 0 Å². The summed E-state index contributed by atoms with van der Waals surface area (Å²) in [5, 5.41) is 0. The van der Waals surface area contributed by atoms with Crippen LogP contribution in [0.25, 0.3) is 0 Å². The number of esters is 1. The summed E-state index contributed by atoms with van der Waals surface area (Å²) < 4.78 is 18.6.